The minimum atomic E-state index is -0.990. The highest BCUT2D eigenvalue weighted by molar-refractivity contribution is 5.54. The molecule has 2 saturated carbocycles. The number of hydrogen-bond donors (Lipinski definition) is 0. The minimum Gasteiger partial charge on any atom is -0.450 e. The maximum absolute atomic E-state index is 15.7. The van der Waals surface area contributed by atoms with Crippen LogP contribution in [-0.2, 0) is 12.8 Å². The summed E-state index contributed by atoms with van der Waals surface area (Å²) >= 11 is 0. The fourth-order valence-corrected chi connectivity index (χ4v) is 7.35. The van der Waals surface area contributed by atoms with E-state index in [1.807, 2.05) is 19.1 Å². The highest BCUT2D eigenvalue weighted by atomic mass is 19.2. The Kier molecular flexibility index (Phi) is 8.51. The van der Waals surface area contributed by atoms with Crippen LogP contribution in [0.3, 0.4) is 0 Å². The molecule has 0 saturated heterocycles. The molecule has 0 radical (unpaired) electrons. The van der Waals surface area contributed by atoms with Gasteiger partial charge in [-0.25, -0.2) is 8.78 Å². The molecule has 3 aliphatic rings. The summed E-state index contributed by atoms with van der Waals surface area (Å²) in [6.07, 6.45) is 16.9. The molecule has 0 atom stereocenters. The zero-order valence-electron chi connectivity index (χ0n) is 22.7. The lowest BCUT2D eigenvalue weighted by Gasteiger charge is -2.32. The smallest absolute Gasteiger partial charge is 0.201 e. The first-order valence-corrected chi connectivity index (χ1v) is 15.0. The van der Waals surface area contributed by atoms with Crippen LogP contribution in [0.2, 0.25) is 0 Å². The van der Waals surface area contributed by atoms with E-state index in [0.717, 1.165) is 49.9 Å². The third kappa shape index (κ3) is 5.73. The van der Waals surface area contributed by atoms with Crippen molar-refractivity contribution < 1.29 is 17.9 Å². The zero-order valence-corrected chi connectivity index (χ0v) is 22.7. The van der Waals surface area contributed by atoms with Crippen LogP contribution in [0, 0.1) is 35.2 Å². The van der Waals surface area contributed by atoms with Crippen molar-refractivity contribution in [3.05, 3.63) is 57.9 Å². The molecular formula is C33H43F3O. The van der Waals surface area contributed by atoms with Gasteiger partial charge in [0.05, 0.1) is 0 Å². The molecule has 2 aliphatic carbocycles. The minimum absolute atomic E-state index is 0.0901. The van der Waals surface area contributed by atoms with E-state index in [0.29, 0.717) is 35.1 Å². The maximum Gasteiger partial charge on any atom is 0.201 e. The molecule has 0 aromatic heterocycles. The van der Waals surface area contributed by atoms with Gasteiger partial charge in [0, 0.05) is 17.5 Å². The zero-order chi connectivity index (χ0) is 25.9. The molecule has 0 bridgehead atoms. The first-order chi connectivity index (χ1) is 18.0. The molecule has 0 unspecified atom stereocenters. The molecule has 2 fully saturated rings. The van der Waals surface area contributed by atoms with Crippen molar-refractivity contribution in [3.63, 3.8) is 0 Å². The molecule has 2 aromatic rings. The first kappa shape index (κ1) is 26.6. The predicted octanol–water partition coefficient (Wildman–Crippen LogP) is 10.4. The largest absolute Gasteiger partial charge is 0.450 e. The lowest BCUT2D eigenvalue weighted by molar-refractivity contribution is 0.223. The van der Waals surface area contributed by atoms with Gasteiger partial charge in [-0.05, 0) is 73.0 Å². The van der Waals surface area contributed by atoms with Gasteiger partial charge in [-0.2, -0.15) is 4.39 Å². The second-order valence-electron chi connectivity index (χ2n) is 12.1. The molecule has 0 amide bonds. The molecule has 2 aromatic carbocycles. The highest BCUT2D eigenvalue weighted by Gasteiger charge is 2.31. The second kappa shape index (κ2) is 11.8. The quantitative estimate of drug-likeness (QED) is 0.292. The van der Waals surface area contributed by atoms with E-state index in [4.69, 9.17) is 4.74 Å². The van der Waals surface area contributed by atoms with Gasteiger partial charge in [-0.3, -0.25) is 0 Å². The van der Waals surface area contributed by atoms with Crippen LogP contribution in [0.5, 0.6) is 11.5 Å². The Hall–Kier alpha value is -1.97. The van der Waals surface area contributed by atoms with Crippen molar-refractivity contribution in [1.82, 2.24) is 0 Å². The number of hydrogen-bond acceptors (Lipinski definition) is 1. The van der Waals surface area contributed by atoms with Crippen molar-refractivity contribution in [3.8, 4) is 11.5 Å². The van der Waals surface area contributed by atoms with E-state index in [1.165, 1.54) is 51.4 Å². The summed E-state index contributed by atoms with van der Waals surface area (Å²) < 4.78 is 50.8. The van der Waals surface area contributed by atoms with Gasteiger partial charge < -0.3 is 4.74 Å². The van der Waals surface area contributed by atoms with Gasteiger partial charge in [-0.1, -0.05) is 83.8 Å². The van der Waals surface area contributed by atoms with E-state index in [9.17, 15) is 8.78 Å². The second-order valence-corrected chi connectivity index (χ2v) is 12.1. The third-order valence-electron chi connectivity index (χ3n) is 9.56. The van der Waals surface area contributed by atoms with Gasteiger partial charge in [-0.15, -0.1) is 0 Å². The Morgan fingerprint density at radius 1 is 0.676 bits per heavy atom. The monoisotopic (exact) mass is 512 g/mol. The summed E-state index contributed by atoms with van der Waals surface area (Å²) in [6.45, 7) is 4.24. The molecule has 0 spiro atoms. The summed E-state index contributed by atoms with van der Waals surface area (Å²) in [7, 11) is 0. The average molecular weight is 513 g/mol. The molecule has 1 heterocycles. The SMILES string of the molecule is CCCc1cc2c(c(F)c1F)Oc1c(ccc(C3CCC(CCC4CCC(CCC)CC4)CC3)c1F)C2. The molecule has 1 nitrogen and oxygen atoms in total. The van der Waals surface area contributed by atoms with Crippen molar-refractivity contribution in [2.24, 2.45) is 17.8 Å². The van der Waals surface area contributed by atoms with Crippen LogP contribution in [0.15, 0.2) is 18.2 Å². The van der Waals surface area contributed by atoms with Gasteiger partial charge >= 0.3 is 0 Å². The Morgan fingerprint density at radius 2 is 1.27 bits per heavy atom. The number of ether oxygens (including phenoxy) is 1. The summed E-state index contributed by atoms with van der Waals surface area (Å²) in [6, 6.07) is 5.53. The van der Waals surface area contributed by atoms with Crippen LogP contribution < -0.4 is 4.74 Å². The van der Waals surface area contributed by atoms with Gasteiger partial charge in [0.15, 0.2) is 23.1 Å². The Bertz CT molecular complexity index is 1080. The molecule has 4 heteroatoms. The molecule has 0 N–H and O–H groups in total. The Morgan fingerprint density at radius 3 is 1.89 bits per heavy atom. The normalized spacial score (nSPS) is 25.3. The maximum atomic E-state index is 15.7. The van der Waals surface area contributed by atoms with Crippen molar-refractivity contribution in [2.75, 3.05) is 0 Å². The molecule has 5 rings (SSSR count). The number of fused-ring (bicyclic) bond motifs is 2. The van der Waals surface area contributed by atoms with Crippen LogP contribution in [0.1, 0.15) is 125 Å². The van der Waals surface area contributed by atoms with E-state index in [1.54, 1.807) is 6.07 Å². The number of aryl methyl sites for hydroxylation is 1. The van der Waals surface area contributed by atoms with Gasteiger partial charge in [0.2, 0.25) is 5.82 Å². The van der Waals surface area contributed by atoms with Crippen LogP contribution in [0.25, 0.3) is 0 Å². The first-order valence-electron chi connectivity index (χ1n) is 15.0. The number of benzene rings is 2. The van der Waals surface area contributed by atoms with E-state index in [2.05, 4.69) is 6.92 Å². The number of rotatable bonds is 8. The van der Waals surface area contributed by atoms with Crippen LogP contribution in [0.4, 0.5) is 13.2 Å². The van der Waals surface area contributed by atoms with Crippen LogP contribution >= 0.6 is 0 Å². The van der Waals surface area contributed by atoms with Gasteiger partial charge in [0.1, 0.15) is 0 Å². The summed E-state index contributed by atoms with van der Waals surface area (Å²) in [5.74, 6) is 0.506. The molecular weight excluding hydrogens is 469 g/mol. The van der Waals surface area contributed by atoms with Crippen molar-refractivity contribution in [2.45, 2.75) is 116 Å². The predicted molar refractivity (Wildman–Crippen MR) is 144 cm³/mol. The highest BCUT2D eigenvalue weighted by Crippen LogP contribution is 2.46. The van der Waals surface area contributed by atoms with E-state index >= 15 is 4.39 Å². The van der Waals surface area contributed by atoms with E-state index < -0.39 is 11.6 Å². The third-order valence-corrected chi connectivity index (χ3v) is 9.56. The Labute approximate surface area is 221 Å². The lowest BCUT2D eigenvalue weighted by Crippen LogP contribution is -2.18. The van der Waals surface area contributed by atoms with E-state index in [-0.39, 0.29) is 23.2 Å². The average Bonchev–Trinajstić information content (AvgIpc) is 2.91. The molecule has 1 aliphatic heterocycles. The van der Waals surface area contributed by atoms with Crippen LogP contribution in [-0.4, -0.2) is 0 Å². The Balaban J connectivity index is 1.19. The summed E-state index contributed by atoms with van der Waals surface area (Å²) in [4.78, 5) is 0. The number of halogens is 3. The van der Waals surface area contributed by atoms with Crippen molar-refractivity contribution in [1.29, 1.82) is 0 Å². The molecule has 202 valence electrons. The molecule has 37 heavy (non-hydrogen) atoms. The lowest BCUT2D eigenvalue weighted by atomic mass is 9.74. The van der Waals surface area contributed by atoms with Gasteiger partial charge in [0.25, 0.3) is 0 Å². The fourth-order valence-electron chi connectivity index (χ4n) is 7.35. The summed E-state index contributed by atoms with van der Waals surface area (Å²) in [5.41, 5.74) is 2.35. The fraction of sp³-hybridized carbons (Fsp3) is 0.636. The van der Waals surface area contributed by atoms with Crippen molar-refractivity contribution >= 4 is 0 Å². The summed E-state index contributed by atoms with van der Waals surface area (Å²) in [5, 5.41) is 0. The topological polar surface area (TPSA) is 9.23 Å². The standard InChI is InChI=1S/C33H43F3O/c1-3-5-21-7-9-22(10-8-21)11-12-23-13-15-24(16-14-23)28-18-17-26-20-27-19-25(6-4-2)29(34)31(36)33(27)37-32(26)30(28)35/h17-19,21-24H,3-16,20H2,1-2H3.